The van der Waals surface area contributed by atoms with Crippen molar-refractivity contribution in [3.05, 3.63) is 69.1 Å². The second kappa shape index (κ2) is 6.39. The van der Waals surface area contributed by atoms with Crippen LogP contribution >= 0.6 is 11.6 Å². The number of rotatable bonds is 4. The lowest BCUT2D eigenvalue weighted by Gasteiger charge is -2.08. The first kappa shape index (κ1) is 14.3. The standard InChI is InChI=1S/C15H14ClNO3/c1-2-20-15(19)13-4-3-9-17(14(13)18)10-11-5-7-12(16)8-6-11/h3-9H,2,10H2,1H3. The molecule has 0 aliphatic carbocycles. The number of pyridine rings is 1. The lowest BCUT2D eigenvalue weighted by molar-refractivity contribution is 0.0523. The molecule has 0 fully saturated rings. The summed E-state index contributed by atoms with van der Waals surface area (Å²) >= 11 is 5.82. The summed E-state index contributed by atoms with van der Waals surface area (Å²) < 4.78 is 6.33. The predicted molar refractivity (Wildman–Crippen MR) is 77.2 cm³/mol. The number of halogens is 1. The van der Waals surface area contributed by atoms with Gasteiger partial charge in [0.2, 0.25) is 0 Å². The van der Waals surface area contributed by atoms with E-state index in [0.717, 1.165) is 5.56 Å². The first-order chi connectivity index (χ1) is 9.61. The molecule has 0 bridgehead atoms. The lowest BCUT2D eigenvalue weighted by atomic mass is 10.2. The van der Waals surface area contributed by atoms with Crippen molar-refractivity contribution in [2.45, 2.75) is 13.5 Å². The Labute approximate surface area is 121 Å². The van der Waals surface area contributed by atoms with Crippen molar-refractivity contribution in [3.63, 3.8) is 0 Å². The second-order valence-corrected chi connectivity index (χ2v) is 4.64. The molecule has 1 aromatic carbocycles. The van der Waals surface area contributed by atoms with Gasteiger partial charge < -0.3 is 9.30 Å². The highest BCUT2D eigenvalue weighted by Crippen LogP contribution is 2.10. The van der Waals surface area contributed by atoms with Crippen molar-refractivity contribution < 1.29 is 9.53 Å². The van der Waals surface area contributed by atoms with Gasteiger partial charge in [-0.25, -0.2) is 4.79 Å². The molecule has 2 rings (SSSR count). The van der Waals surface area contributed by atoms with Crippen molar-refractivity contribution in [3.8, 4) is 0 Å². The summed E-state index contributed by atoms with van der Waals surface area (Å²) in [5.41, 5.74) is 0.613. The molecule has 0 atom stereocenters. The molecule has 2 aromatic rings. The van der Waals surface area contributed by atoms with Crippen LogP contribution in [0, 0.1) is 0 Å². The molecule has 1 aromatic heterocycles. The lowest BCUT2D eigenvalue weighted by Crippen LogP contribution is -2.27. The normalized spacial score (nSPS) is 10.3. The number of hydrogen-bond acceptors (Lipinski definition) is 3. The van der Waals surface area contributed by atoms with Crippen LogP contribution in [0.3, 0.4) is 0 Å². The van der Waals surface area contributed by atoms with E-state index in [1.54, 1.807) is 31.3 Å². The number of carbonyl (C=O) groups excluding carboxylic acids is 1. The largest absolute Gasteiger partial charge is 0.462 e. The molecule has 0 unspecified atom stereocenters. The molecule has 0 N–H and O–H groups in total. The number of hydrogen-bond donors (Lipinski definition) is 0. The Kier molecular flexibility index (Phi) is 4.58. The van der Waals surface area contributed by atoms with Crippen LogP contribution in [0.1, 0.15) is 22.8 Å². The molecule has 0 amide bonds. The predicted octanol–water partition coefficient (Wildman–Crippen LogP) is 2.73. The average molecular weight is 292 g/mol. The van der Waals surface area contributed by atoms with E-state index in [2.05, 4.69) is 0 Å². The van der Waals surface area contributed by atoms with Gasteiger partial charge in [-0.05, 0) is 36.8 Å². The maximum Gasteiger partial charge on any atom is 0.343 e. The fourth-order valence-corrected chi connectivity index (χ4v) is 1.94. The van der Waals surface area contributed by atoms with Crippen molar-refractivity contribution >= 4 is 17.6 Å². The Bertz CT molecular complexity index is 662. The minimum absolute atomic E-state index is 0.0447. The van der Waals surface area contributed by atoms with Crippen LogP contribution in [0.25, 0.3) is 0 Å². The quantitative estimate of drug-likeness (QED) is 0.814. The maximum atomic E-state index is 12.2. The van der Waals surface area contributed by atoms with Crippen molar-refractivity contribution in [1.29, 1.82) is 0 Å². The zero-order valence-corrected chi connectivity index (χ0v) is 11.8. The summed E-state index contributed by atoms with van der Waals surface area (Å²) in [5.74, 6) is -0.594. The molecule has 0 aliphatic rings. The summed E-state index contributed by atoms with van der Waals surface area (Å²) in [6.07, 6.45) is 1.64. The highest BCUT2D eigenvalue weighted by atomic mass is 35.5. The van der Waals surface area contributed by atoms with Gasteiger partial charge in [0, 0.05) is 11.2 Å². The minimum Gasteiger partial charge on any atom is -0.462 e. The Balaban J connectivity index is 2.29. The Morgan fingerprint density at radius 3 is 2.60 bits per heavy atom. The van der Waals surface area contributed by atoms with Gasteiger partial charge in [-0.3, -0.25) is 4.79 Å². The van der Waals surface area contributed by atoms with Gasteiger partial charge in [-0.15, -0.1) is 0 Å². The molecule has 0 saturated carbocycles. The Morgan fingerprint density at radius 1 is 1.25 bits per heavy atom. The monoisotopic (exact) mass is 291 g/mol. The number of ether oxygens (including phenoxy) is 1. The van der Waals surface area contributed by atoms with Gasteiger partial charge >= 0.3 is 5.97 Å². The minimum atomic E-state index is -0.594. The number of aromatic nitrogens is 1. The van der Waals surface area contributed by atoms with Gasteiger partial charge in [0.05, 0.1) is 13.2 Å². The summed E-state index contributed by atoms with van der Waals surface area (Å²) in [6.45, 7) is 2.32. The maximum absolute atomic E-state index is 12.2. The number of esters is 1. The van der Waals surface area contributed by atoms with Crippen LogP contribution in [-0.4, -0.2) is 17.1 Å². The smallest absolute Gasteiger partial charge is 0.343 e. The van der Waals surface area contributed by atoms with Gasteiger partial charge in [0.1, 0.15) is 5.56 Å². The van der Waals surface area contributed by atoms with Gasteiger partial charge in [-0.2, -0.15) is 0 Å². The summed E-state index contributed by atoms with van der Waals surface area (Å²) in [6, 6.07) is 10.3. The Morgan fingerprint density at radius 2 is 1.95 bits per heavy atom. The van der Waals surface area contributed by atoms with Crippen molar-refractivity contribution in [2.24, 2.45) is 0 Å². The van der Waals surface area contributed by atoms with Crippen molar-refractivity contribution in [2.75, 3.05) is 6.61 Å². The van der Waals surface area contributed by atoms with Crippen LogP contribution in [0.2, 0.25) is 5.02 Å². The number of carbonyl (C=O) groups is 1. The molecular formula is C15H14ClNO3. The van der Waals surface area contributed by atoms with E-state index in [1.807, 2.05) is 12.1 Å². The first-order valence-electron chi connectivity index (χ1n) is 6.23. The summed E-state index contributed by atoms with van der Waals surface area (Å²) in [4.78, 5) is 23.9. The molecule has 0 saturated heterocycles. The van der Waals surface area contributed by atoms with Crippen LogP contribution < -0.4 is 5.56 Å². The molecule has 4 nitrogen and oxygen atoms in total. The Hall–Kier alpha value is -2.07. The van der Waals surface area contributed by atoms with Gasteiger partial charge in [-0.1, -0.05) is 23.7 Å². The topological polar surface area (TPSA) is 48.3 Å². The zero-order valence-electron chi connectivity index (χ0n) is 11.0. The average Bonchev–Trinajstić information content (AvgIpc) is 2.44. The van der Waals surface area contributed by atoms with Gasteiger partial charge in [0.25, 0.3) is 5.56 Å². The van der Waals surface area contributed by atoms with Crippen LogP contribution in [0.5, 0.6) is 0 Å². The van der Waals surface area contributed by atoms with Crippen LogP contribution in [0.15, 0.2) is 47.4 Å². The van der Waals surface area contributed by atoms with E-state index < -0.39 is 5.97 Å². The summed E-state index contributed by atoms with van der Waals surface area (Å²) in [7, 11) is 0. The molecule has 20 heavy (non-hydrogen) atoms. The first-order valence-corrected chi connectivity index (χ1v) is 6.60. The van der Waals surface area contributed by atoms with Crippen molar-refractivity contribution in [1.82, 2.24) is 4.57 Å². The van der Waals surface area contributed by atoms with Crippen LogP contribution in [0.4, 0.5) is 0 Å². The molecule has 0 radical (unpaired) electrons. The zero-order chi connectivity index (χ0) is 14.5. The highest BCUT2D eigenvalue weighted by molar-refractivity contribution is 6.30. The SMILES string of the molecule is CCOC(=O)c1cccn(Cc2ccc(Cl)cc2)c1=O. The van der Waals surface area contributed by atoms with Crippen LogP contribution in [-0.2, 0) is 11.3 Å². The van der Waals surface area contributed by atoms with E-state index in [1.165, 1.54) is 10.6 Å². The molecule has 0 spiro atoms. The fourth-order valence-electron chi connectivity index (χ4n) is 1.81. The fraction of sp³-hybridized carbons (Fsp3) is 0.200. The second-order valence-electron chi connectivity index (χ2n) is 4.20. The van der Waals surface area contributed by atoms with E-state index in [9.17, 15) is 9.59 Å². The molecular weight excluding hydrogens is 278 g/mol. The summed E-state index contributed by atoms with van der Waals surface area (Å²) in [5, 5.41) is 0.640. The number of nitrogens with zero attached hydrogens (tertiary/aromatic N) is 1. The third kappa shape index (κ3) is 3.27. The van der Waals surface area contributed by atoms with E-state index in [-0.39, 0.29) is 17.7 Å². The number of benzene rings is 1. The van der Waals surface area contributed by atoms with E-state index in [0.29, 0.717) is 11.6 Å². The molecule has 0 aliphatic heterocycles. The third-order valence-electron chi connectivity index (χ3n) is 2.78. The molecule has 1 heterocycles. The highest BCUT2D eigenvalue weighted by Gasteiger charge is 2.12. The van der Waals surface area contributed by atoms with E-state index >= 15 is 0 Å². The molecule has 5 heteroatoms. The van der Waals surface area contributed by atoms with Gasteiger partial charge in [0.15, 0.2) is 0 Å². The molecule has 104 valence electrons. The van der Waals surface area contributed by atoms with E-state index in [4.69, 9.17) is 16.3 Å². The third-order valence-corrected chi connectivity index (χ3v) is 3.03.